The Labute approximate surface area is 123 Å². The maximum absolute atomic E-state index is 12.1. The zero-order valence-electron chi connectivity index (χ0n) is 12.0. The van der Waals surface area contributed by atoms with Crippen LogP contribution in [0.25, 0.3) is 0 Å². The lowest BCUT2D eigenvalue weighted by Gasteiger charge is -2.20. The maximum Gasteiger partial charge on any atom is 0.345 e. The third-order valence-electron chi connectivity index (χ3n) is 3.01. The molecular formula is C12H20N2O4S2. The molecule has 0 spiro atoms. The second kappa shape index (κ2) is 6.66. The van der Waals surface area contributed by atoms with E-state index >= 15 is 0 Å². The fraction of sp³-hybridized carbons (Fsp3) is 0.583. The van der Waals surface area contributed by atoms with Gasteiger partial charge in [-0.3, -0.25) is 0 Å². The third-order valence-corrected chi connectivity index (χ3v) is 5.77. The minimum absolute atomic E-state index is 0.0298. The lowest BCUT2D eigenvalue weighted by Crippen LogP contribution is -2.36. The van der Waals surface area contributed by atoms with Gasteiger partial charge in [-0.15, -0.1) is 11.3 Å². The van der Waals surface area contributed by atoms with E-state index in [0.717, 1.165) is 11.3 Å². The molecular weight excluding hydrogens is 300 g/mol. The van der Waals surface area contributed by atoms with E-state index in [0.29, 0.717) is 17.5 Å². The summed E-state index contributed by atoms with van der Waals surface area (Å²) in [5, 5.41) is 8.89. The topological polar surface area (TPSA) is 86.7 Å². The zero-order chi connectivity index (χ0) is 15.5. The quantitative estimate of drug-likeness (QED) is 0.792. The molecule has 2 N–H and O–H groups in total. The molecule has 20 heavy (non-hydrogen) atoms. The van der Waals surface area contributed by atoms with E-state index in [1.54, 1.807) is 6.92 Å². The van der Waals surface area contributed by atoms with Gasteiger partial charge in [0.1, 0.15) is 4.88 Å². The summed E-state index contributed by atoms with van der Waals surface area (Å²) in [6.07, 6.45) is 0. The Balaban J connectivity index is 2.77. The third kappa shape index (κ3) is 4.27. The number of rotatable bonds is 7. The van der Waals surface area contributed by atoms with E-state index in [1.165, 1.54) is 6.07 Å². The molecule has 0 aliphatic rings. The number of hydrogen-bond acceptors (Lipinski definition) is 5. The van der Waals surface area contributed by atoms with Crippen molar-refractivity contribution in [1.82, 2.24) is 9.62 Å². The summed E-state index contributed by atoms with van der Waals surface area (Å²) in [5.74, 6) is -1.11. The minimum atomic E-state index is -3.65. The number of aryl methyl sites for hydroxylation is 1. The van der Waals surface area contributed by atoms with Gasteiger partial charge in [0.2, 0.25) is 10.0 Å². The van der Waals surface area contributed by atoms with E-state index in [4.69, 9.17) is 5.11 Å². The Morgan fingerprint density at radius 2 is 2.10 bits per heavy atom. The van der Waals surface area contributed by atoms with Crippen molar-refractivity contribution in [2.24, 2.45) is 0 Å². The van der Waals surface area contributed by atoms with Crippen molar-refractivity contribution >= 4 is 27.3 Å². The molecule has 0 saturated carbocycles. The molecule has 1 heterocycles. The standard InChI is InChI=1S/C12H20N2O4S2/c1-8(2)14(4)6-5-13-20(17,18)11-7-10(12(15)16)19-9(11)3/h7-8,13H,5-6H2,1-4H3,(H,15,16). The number of carboxylic acid groups (broad SMARTS) is 1. The average molecular weight is 320 g/mol. The van der Waals surface area contributed by atoms with Crippen LogP contribution in [0.5, 0.6) is 0 Å². The van der Waals surface area contributed by atoms with Crippen molar-refractivity contribution in [1.29, 1.82) is 0 Å². The predicted molar refractivity (Wildman–Crippen MR) is 79.0 cm³/mol. The van der Waals surface area contributed by atoms with Crippen molar-refractivity contribution < 1.29 is 18.3 Å². The molecule has 0 aliphatic heterocycles. The molecule has 0 bridgehead atoms. The van der Waals surface area contributed by atoms with Crippen molar-refractivity contribution in [3.05, 3.63) is 15.8 Å². The number of carboxylic acids is 1. The molecule has 1 aromatic rings. The number of aromatic carboxylic acids is 1. The summed E-state index contributed by atoms with van der Waals surface area (Å²) in [6, 6.07) is 1.54. The van der Waals surface area contributed by atoms with E-state index in [-0.39, 0.29) is 16.3 Å². The molecule has 1 rings (SSSR count). The van der Waals surface area contributed by atoms with Gasteiger partial charge in [-0.05, 0) is 33.9 Å². The molecule has 0 saturated heterocycles. The molecule has 114 valence electrons. The molecule has 8 heteroatoms. The van der Waals surface area contributed by atoms with Crippen LogP contribution in [-0.2, 0) is 10.0 Å². The average Bonchev–Trinajstić information content (AvgIpc) is 2.71. The first-order chi connectivity index (χ1) is 9.15. The lowest BCUT2D eigenvalue weighted by molar-refractivity contribution is 0.0702. The zero-order valence-corrected chi connectivity index (χ0v) is 13.6. The monoisotopic (exact) mass is 320 g/mol. The van der Waals surface area contributed by atoms with Gasteiger partial charge >= 0.3 is 5.97 Å². The van der Waals surface area contributed by atoms with Gasteiger partial charge in [-0.25, -0.2) is 17.9 Å². The highest BCUT2D eigenvalue weighted by atomic mass is 32.2. The van der Waals surface area contributed by atoms with Crippen LogP contribution in [-0.4, -0.2) is 50.6 Å². The summed E-state index contributed by atoms with van der Waals surface area (Å²) < 4.78 is 26.7. The molecule has 1 aromatic heterocycles. The summed E-state index contributed by atoms with van der Waals surface area (Å²) in [5.41, 5.74) is 0. The van der Waals surface area contributed by atoms with Gasteiger partial charge < -0.3 is 10.0 Å². The minimum Gasteiger partial charge on any atom is -0.477 e. The Morgan fingerprint density at radius 1 is 1.50 bits per heavy atom. The second-order valence-corrected chi connectivity index (χ2v) is 7.80. The van der Waals surface area contributed by atoms with Gasteiger partial charge in [0.15, 0.2) is 0 Å². The lowest BCUT2D eigenvalue weighted by atomic mass is 10.3. The molecule has 0 fully saturated rings. The highest BCUT2D eigenvalue weighted by Gasteiger charge is 2.21. The number of sulfonamides is 1. The largest absolute Gasteiger partial charge is 0.477 e. The van der Waals surface area contributed by atoms with Crippen LogP contribution in [0, 0.1) is 6.92 Å². The van der Waals surface area contributed by atoms with E-state index in [1.807, 2.05) is 25.8 Å². The first-order valence-electron chi connectivity index (χ1n) is 6.18. The Hall–Kier alpha value is -0.960. The van der Waals surface area contributed by atoms with Crippen LogP contribution < -0.4 is 4.72 Å². The van der Waals surface area contributed by atoms with Crippen LogP contribution in [0.2, 0.25) is 0 Å². The fourth-order valence-electron chi connectivity index (χ4n) is 1.53. The molecule has 6 nitrogen and oxygen atoms in total. The first-order valence-corrected chi connectivity index (χ1v) is 8.48. The number of thiophene rings is 1. The Morgan fingerprint density at radius 3 is 2.55 bits per heavy atom. The first kappa shape index (κ1) is 17.1. The molecule has 0 radical (unpaired) electrons. The van der Waals surface area contributed by atoms with Crippen LogP contribution in [0.3, 0.4) is 0 Å². The Kier molecular flexibility index (Phi) is 5.69. The smallest absolute Gasteiger partial charge is 0.345 e. The van der Waals surface area contributed by atoms with Crippen molar-refractivity contribution in [2.45, 2.75) is 31.7 Å². The molecule has 0 aromatic carbocycles. The second-order valence-electron chi connectivity index (χ2n) is 4.81. The van der Waals surface area contributed by atoms with Gasteiger partial charge in [0, 0.05) is 24.0 Å². The number of carbonyl (C=O) groups is 1. The van der Waals surface area contributed by atoms with Crippen molar-refractivity contribution in [3.8, 4) is 0 Å². The van der Waals surface area contributed by atoms with Crippen LogP contribution in [0.15, 0.2) is 11.0 Å². The molecule has 0 atom stereocenters. The van der Waals surface area contributed by atoms with Gasteiger partial charge in [0.25, 0.3) is 0 Å². The van der Waals surface area contributed by atoms with Gasteiger partial charge in [0.05, 0.1) is 4.90 Å². The number of likely N-dealkylation sites (N-methyl/N-ethyl adjacent to an activating group) is 1. The van der Waals surface area contributed by atoms with Gasteiger partial charge in [-0.2, -0.15) is 0 Å². The SMILES string of the molecule is Cc1sc(C(=O)O)cc1S(=O)(=O)NCCN(C)C(C)C. The normalized spacial score (nSPS) is 12.3. The Bertz CT molecular complexity index is 578. The van der Waals surface area contributed by atoms with E-state index in [9.17, 15) is 13.2 Å². The predicted octanol–water partition coefficient (Wildman–Crippen LogP) is 1.37. The number of hydrogen-bond donors (Lipinski definition) is 2. The van der Waals surface area contributed by atoms with Crippen molar-refractivity contribution in [3.63, 3.8) is 0 Å². The van der Waals surface area contributed by atoms with E-state index < -0.39 is 16.0 Å². The number of nitrogens with one attached hydrogen (secondary N) is 1. The highest BCUT2D eigenvalue weighted by molar-refractivity contribution is 7.89. The van der Waals surface area contributed by atoms with E-state index in [2.05, 4.69) is 4.72 Å². The summed E-state index contributed by atoms with van der Waals surface area (Å²) in [4.78, 5) is 13.4. The highest BCUT2D eigenvalue weighted by Crippen LogP contribution is 2.25. The summed E-state index contributed by atoms with van der Waals surface area (Å²) in [6.45, 7) is 6.53. The van der Waals surface area contributed by atoms with Gasteiger partial charge in [-0.1, -0.05) is 0 Å². The fourth-order valence-corrected chi connectivity index (χ4v) is 3.98. The molecule has 0 amide bonds. The maximum atomic E-state index is 12.1. The number of nitrogens with zero attached hydrogens (tertiary/aromatic N) is 1. The molecule has 0 aliphatic carbocycles. The summed E-state index contributed by atoms with van der Waals surface area (Å²) in [7, 11) is -1.74. The van der Waals surface area contributed by atoms with Crippen LogP contribution in [0.4, 0.5) is 0 Å². The van der Waals surface area contributed by atoms with Crippen LogP contribution in [0.1, 0.15) is 28.4 Å². The van der Waals surface area contributed by atoms with Crippen molar-refractivity contribution in [2.75, 3.05) is 20.1 Å². The molecule has 0 unspecified atom stereocenters. The van der Waals surface area contributed by atoms with Crippen LogP contribution >= 0.6 is 11.3 Å². The summed E-state index contributed by atoms with van der Waals surface area (Å²) >= 11 is 0.965.